The lowest BCUT2D eigenvalue weighted by Crippen LogP contribution is -1.97. The predicted molar refractivity (Wildman–Crippen MR) is 81.5 cm³/mol. The molecule has 0 aliphatic carbocycles. The van der Waals surface area contributed by atoms with E-state index < -0.39 is 0 Å². The summed E-state index contributed by atoms with van der Waals surface area (Å²) in [6.45, 7) is 4.20. The molecule has 0 radical (unpaired) electrons. The molecule has 0 bridgehead atoms. The number of rotatable bonds is 5. The molecule has 1 aromatic carbocycles. The average Bonchev–Trinajstić information content (AvgIpc) is 2.53. The number of hydrogen-bond donors (Lipinski definition) is 0. The van der Waals surface area contributed by atoms with E-state index in [0.717, 1.165) is 46.7 Å². The molecule has 106 valence electrons. The van der Waals surface area contributed by atoms with Gasteiger partial charge in [0.2, 0.25) is 0 Å². The molecule has 2 aromatic rings. The maximum absolute atomic E-state index is 5.49. The fraction of sp³-hybridized carbons (Fsp3) is 0.353. The average molecular weight is 271 g/mol. The molecule has 0 spiro atoms. The van der Waals surface area contributed by atoms with Crippen LogP contribution >= 0.6 is 0 Å². The highest BCUT2D eigenvalue weighted by Crippen LogP contribution is 2.35. The van der Waals surface area contributed by atoms with E-state index in [1.54, 1.807) is 14.2 Å². The quantitative estimate of drug-likeness (QED) is 0.826. The lowest BCUT2D eigenvalue weighted by atomic mass is 10.0. The van der Waals surface area contributed by atoms with Gasteiger partial charge in [0.1, 0.15) is 11.5 Å². The Labute approximate surface area is 120 Å². The van der Waals surface area contributed by atoms with Gasteiger partial charge in [-0.25, -0.2) is 0 Å². The van der Waals surface area contributed by atoms with Crippen molar-refractivity contribution in [3.63, 3.8) is 0 Å². The van der Waals surface area contributed by atoms with Crippen molar-refractivity contribution in [2.24, 2.45) is 0 Å². The fourth-order valence-electron chi connectivity index (χ4n) is 2.30. The van der Waals surface area contributed by atoms with Gasteiger partial charge in [-0.3, -0.25) is 4.98 Å². The summed E-state index contributed by atoms with van der Waals surface area (Å²) in [5.74, 6) is 1.72. The Morgan fingerprint density at radius 3 is 1.95 bits per heavy atom. The lowest BCUT2D eigenvalue weighted by molar-refractivity contribution is 0.386. The van der Waals surface area contributed by atoms with Crippen molar-refractivity contribution in [3.05, 3.63) is 41.7 Å². The summed E-state index contributed by atoms with van der Waals surface area (Å²) in [5, 5.41) is 0. The molecule has 0 aliphatic heterocycles. The second-order valence-corrected chi connectivity index (χ2v) is 4.60. The second kappa shape index (κ2) is 6.42. The molecule has 0 fully saturated rings. The number of nitrogens with zero attached hydrogens (tertiary/aromatic N) is 1. The zero-order chi connectivity index (χ0) is 14.5. The van der Waals surface area contributed by atoms with Crippen LogP contribution in [0.1, 0.15) is 25.1 Å². The summed E-state index contributed by atoms with van der Waals surface area (Å²) < 4.78 is 11.0. The van der Waals surface area contributed by atoms with Gasteiger partial charge in [0.25, 0.3) is 0 Å². The Kier molecular flexibility index (Phi) is 4.61. The molecule has 0 amide bonds. The van der Waals surface area contributed by atoms with E-state index in [2.05, 4.69) is 31.0 Å². The molecule has 0 saturated carbocycles. The zero-order valence-corrected chi connectivity index (χ0v) is 12.6. The zero-order valence-electron chi connectivity index (χ0n) is 12.6. The molecule has 0 aliphatic rings. The number of benzene rings is 1. The normalized spacial score (nSPS) is 10.4. The highest BCUT2D eigenvalue weighted by atomic mass is 16.5. The molecular formula is C17H21NO2. The van der Waals surface area contributed by atoms with E-state index in [1.807, 2.05) is 18.3 Å². The van der Waals surface area contributed by atoms with Gasteiger partial charge in [-0.1, -0.05) is 19.9 Å². The van der Waals surface area contributed by atoms with Crippen molar-refractivity contribution in [1.82, 2.24) is 4.98 Å². The smallest absolute Gasteiger partial charge is 0.126 e. The van der Waals surface area contributed by atoms with Crippen molar-refractivity contribution in [1.29, 1.82) is 0 Å². The van der Waals surface area contributed by atoms with Gasteiger partial charge in [0.15, 0.2) is 0 Å². The summed E-state index contributed by atoms with van der Waals surface area (Å²) in [5.41, 5.74) is 4.32. The summed E-state index contributed by atoms with van der Waals surface area (Å²) >= 11 is 0. The van der Waals surface area contributed by atoms with Gasteiger partial charge in [0, 0.05) is 23.0 Å². The van der Waals surface area contributed by atoms with Crippen LogP contribution < -0.4 is 9.47 Å². The molecule has 20 heavy (non-hydrogen) atoms. The van der Waals surface area contributed by atoms with E-state index >= 15 is 0 Å². The molecular weight excluding hydrogens is 250 g/mol. The first-order valence-electron chi connectivity index (χ1n) is 6.93. The van der Waals surface area contributed by atoms with Crippen molar-refractivity contribution in [2.75, 3.05) is 14.2 Å². The number of pyridine rings is 1. The van der Waals surface area contributed by atoms with Crippen LogP contribution in [0.15, 0.2) is 30.5 Å². The summed E-state index contributed by atoms with van der Waals surface area (Å²) in [4.78, 5) is 4.45. The van der Waals surface area contributed by atoms with Crippen molar-refractivity contribution in [3.8, 4) is 22.6 Å². The first kappa shape index (κ1) is 14.4. The first-order valence-corrected chi connectivity index (χ1v) is 6.93. The van der Waals surface area contributed by atoms with Crippen LogP contribution in [0, 0.1) is 0 Å². The Bertz CT molecular complexity index is 551. The summed E-state index contributed by atoms with van der Waals surface area (Å²) in [6.07, 6.45) is 3.72. The SMILES string of the molecule is CCc1ccc(-c2cc(OC)c(CC)c(OC)c2)cn1. The third kappa shape index (κ3) is 2.77. The van der Waals surface area contributed by atoms with Gasteiger partial charge in [0.05, 0.1) is 14.2 Å². The maximum Gasteiger partial charge on any atom is 0.126 e. The molecule has 0 unspecified atom stereocenters. The lowest BCUT2D eigenvalue weighted by Gasteiger charge is -2.14. The number of hydrogen-bond acceptors (Lipinski definition) is 3. The summed E-state index contributed by atoms with van der Waals surface area (Å²) in [6, 6.07) is 8.24. The highest BCUT2D eigenvalue weighted by molar-refractivity contribution is 5.68. The molecule has 3 heteroatoms. The minimum atomic E-state index is 0.862. The fourth-order valence-corrected chi connectivity index (χ4v) is 2.30. The van der Waals surface area contributed by atoms with E-state index in [9.17, 15) is 0 Å². The van der Waals surface area contributed by atoms with E-state index in [-0.39, 0.29) is 0 Å². The number of aromatic nitrogens is 1. The third-order valence-corrected chi connectivity index (χ3v) is 3.48. The Morgan fingerprint density at radius 2 is 1.55 bits per heavy atom. The monoisotopic (exact) mass is 271 g/mol. The van der Waals surface area contributed by atoms with Crippen LogP contribution in [0.5, 0.6) is 11.5 Å². The minimum absolute atomic E-state index is 0.862. The molecule has 3 nitrogen and oxygen atoms in total. The predicted octanol–water partition coefficient (Wildman–Crippen LogP) is 3.89. The van der Waals surface area contributed by atoms with Gasteiger partial charge in [-0.05, 0) is 36.6 Å². The molecule has 1 aromatic heterocycles. The highest BCUT2D eigenvalue weighted by Gasteiger charge is 2.12. The second-order valence-electron chi connectivity index (χ2n) is 4.60. The first-order chi connectivity index (χ1) is 9.73. The number of aryl methyl sites for hydroxylation is 1. The van der Waals surface area contributed by atoms with E-state index in [0.29, 0.717) is 0 Å². The van der Waals surface area contributed by atoms with Crippen LogP contribution in [0.2, 0.25) is 0 Å². The minimum Gasteiger partial charge on any atom is -0.496 e. The number of ether oxygens (including phenoxy) is 2. The van der Waals surface area contributed by atoms with Crippen LogP contribution in [0.4, 0.5) is 0 Å². The van der Waals surface area contributed by atoms with Gasteiger partial charge >= 0.3 is 0 Å². The third-order valence-electron chi connectivity index (χ3n) is 3.48. The van der Waals surface area contributed by atoms with Crippen molar-refractivity contribution in [2.45, 2.75) is 26.7 Å². The van der Waals surface area contributed by atoms with Crippen LogP contribution in [0.25, 0.3) is 11.1 Å². The van der Waals surface area contributed by atoms with Gasteiger partial charge in [-0.2, -0.15) is 0 Å². The van der Waals surface area contributed by atoms with Gasteiger partial charge < -0.3 is 9.47 Å². The van der Waals surface area contributed by atoms with Gasteiger partial charge in [-0.15, -0.1) is 0 Å². The molecule has 0 atom stereocenters. The Balaban J connectivity index is 2.50. The molecule has 0 N–H and O–H groups in total. The van der Waals surface area contributed by atoms with Crippen molar-refractivity contribution < 1.29 is 9.47 Å². The van der Waals surface area contributed by atoms with E-state index in [4.69, 9.17) is 9.47 Å². The molecule has 2 rings (SSSR count). The van der Waals surface area contributed by atoms with Crippen LogP contribution in [-0.2, 0) is 12.8 Å². The van der Waals surface area contributed by atoms with E-state index in [1.165, 1.54) is 0 Å². The largest absolute Gasteiger partial charge is 0.496 e. The number of methoxy groups -OCH3 is 2. The van der Waals surface area contributed by atoms with Crippen molar-refractivity contribution >= 4 is 0 Å². The molecule has 0 saturated heterocycles. The maximum atomic E-state index is 5.49. The Morgan fingerprint density at radius 1 is 0.900 bits per heavy atom. The molecule has 1 heterocycles. The Hall–Kier alpha value is -2.03. The van der Waals surface area contributed by atoms with Crippen LogP contribution in [0.3, 0.4) is 0 Å². The van der Waals surface area contributed by atoms with Crippen LogP contribution in [-0.4, -0.2) is 19.2 Å². The summed E-state index contributed by atoms with van der Waals surface area (Å²) in [7, 11) is 3.38. The standard InChI is InChI=1S/C17H21NO2/c1-5-14-8-7-12(11-18-14)13-9-16(19-3)15(6-2)17(10-13)20-4/h7-11H,5-6H2,1-4H3. The topological polar surface area (TPSA) is 31.4 Å².